The number of carbonyl (C=O) groups is 12. The van der Waals surface area contributed by atoms with Crippen LogP contribution in [0.25, 0.3) is 10.9 Å². The number of imidazole rings is 1. The van der Waals surface area contributed by atoms with Crippen LogP contribution in [-0.2, 0) is 70.4 Å². The van der Waals surface area contributed by atoms with Crippen LogP contribution < -0.4 is 65.5 Å². The van der Waals surface area contributed by atoms with Crippen molar-refractivity contribution in [3.05, 3.63) is 54.2 Å². The Kier molecular flexibility index (Phi) is 25.0. The van der Waals surface area contributed by atoms with E-state index in [-0.39, 0.29) is 38.0 Å². The highest BCUT2D eigenvalue weighted by Gasteiger charge is 2.34. The number of H-pyrrole nitrogens is 1. The third-order valence-corrected chi connectivity index (χ3v) is 12.4. The molecule has 17 N–H and O–H groups in total. The van der Waals surface area contributed by atoms with E-state index >= 15 is 0 Å². The van der Waals surface area contributed by atoms with E-state index in [1.807, 2.05) is 20.1 Å². The third-order valence-electron chi connectivity index (χ3n) is 11.7. The summed E-state index contributed by atoms with van der Waals surface area (Å²) in [7, 11) is 0. The first-order chi connectivity index (χ1) is 35.8. The summed E-state index contributed by atoms with van der Waals surface area (Å²) >= 11 is 1.46. The van der Waals surface area contributed by atoms with Gasteiger partial charge in [-0.25, -0.2) is 4.98 Å². The predicted octanol–water partition coefficient (Wildman–Crippen LogP) is -3.87. The maximum atomic E-state index is 14.1. The second-order valence-electron chi connectivity index (χ2n) is 18.8. The molecule has 2 aromatic heterocycles. The van der Waals surface area contributed by atoms with Gasteiger partial charge in [0.2, 0.25) is 71.4 Å². The van der Waals surface area contributed by atoms with Crippen LogP contribution in [0.15, 0.2) is 43.0 Å². The first-order valence-electron chi connectivity index (χ1n) is 24.4. The molecular weight excluding hydrogens is 1010 g/mol. The lowest BCUT2D eigenvalue weighted by Crippen LogP contribution is -2.59. The summed E-state index contributed by atoms with van der Waals surface area (Å²) in [5.41, 5.74) is 23.1. The van der Waals surface area contributed by atoms with Crippen LogP contribution in [-0.4, -0.2) is 153 Å². The van der Waals surface area contributed by atoms with Crippen LogP contribution in [0, 0.1) is 11.8 Å². The molecule has 0 saturated carbocycles. The number of aromatic amines is 1. The Hall–Kier alpha value is -7.88. The summed E-state index contributed by atoms with van der Waals surface area (Å²) < 4.78 is 1.26. The van der Waals surface area contributed by atoms with Crippen molar-refractivity contribution in [1.29, 1.82) is 0 Å². The van der Waals surface area contributed by atoms with Crippen molar-refractivity contribution in [2.75, 3.05) is 18.6 Å². The third kappa shape index (κ3) is 20.1. The number of hydrogen-bond acceptors (Lipinski definition) is 15. The van der Waals surface area contributed by atoms with Crippen LogP contribution >= 0.6 is 11.8 Å². The number of aromatic nitrogens is 3. The second-order valence-corrected chi connectivity index (χ2v) is 19.8. The fraction of sp³-hybridized carbons (Fsp3) is 0.521. The maximum absolute atomic E-state index is 14.1. The number of nitrogens with one attached hydrogen (secondary N) is 9. The largest absolute Gasteiger partial charge is 0.370 e. The molecule has 3 rings (SSSR count). The van der Waals surface area contributed by atoms with E-state index in [1.54, 1.807) is 38.1 Å². The SMILES string of the molecule is CSCCC(NC(=O)C(CC(C)C)NC(=O)C(Cc1cnc[nH]1)NC(=O)CNC(=O)C(NC(=O)C(C)NC(=O)C(Cc1cn(C=O)c2ccccc12)NC(=O)C(CCC(N)=O)NC(=O)C(N)CC(N)=O)C(C)C)C(N)=O. The van der Waals surface area contributed by atoms with Crippen molar-refractivity contribution >= 4 is 94.1 Å². The standard InChI is InChI=1S/C48H71N15O12S/c1-24(2)15-33(46(73)58-31(41(52)68)13-14-76-6)60-47(74)35(17-28-19-53-22-55-28)57-39(67)20-54-48(75)40(25(3)4)62-42(69)26(5)56-45(72)34(16-27-21-63(23-64)36-10-8-7-9-29(27)36)61-44(71)32(11-12-37(50)65)59-43(70)30(49)18-38(51)66/h7-10,19,21-26,30-35,40H,11-18,20,49H2,1-6H3,(H2,50,65)(H2,51,66)(H2,52,68)(H,53,55)(H,54,75)(H,56,72)(H,57,67)(H,58,73)(H,59,70)(H,60,74)(H,61,71)(H,62,69). The Morgan fingerprint density at radius 2 is 1.30 bits per heavy atom. The number of thioether (sulfide) groups is 1. The molecule has 28 heteroatoms. The van der Waals surface area contributed by atoms with Gasteiger partial charge in [-0.15, -0.1) is 0 Å². The molecule has 0 aliphatic heterocycles. The lowest BCUT2D eigenvalue weighted by atomic mass is 10.0. The normalized spacial score (nSPS) is 14.3. The number of hydrogen-bond donors (Lipinski definition) is 13. The highest BCUT2D eigenvalue weighted by Crippen LogP contribution is 2.22. The molecule has 0 aliphatic carbocycles. The molecule has 11 amide bonds. The van der Waals surface area contributed by atoms with Gasteiger partial charge in [0, 0.05) is 42.7 Å². The average molecular weight is 1080 g/mol. The highest BCUT2D eigenvalue weighted by molar-refractivity contribution is 7.98. The Morgan fingerprint density at radius 3 is 1.89 bits per heavy atom. The summed E-state index contributed by atoms with van der Waals surface area (Å²) in [5, 5.41) is 20.8. The van der Waals surface area contributed by atoms with Gasteiger partial charge in [0.1, 0.15) is 42.3 Å². The lowest BCUT2D eigenvalue weighted by molar-refractivity contribution is -0.135. The summed E-state index contributed by atoms with van der Waals surface area (Å²) in [4.78, 5) is 163. The smallest absolute Gasteiger partial charge is 0.243 e. The fourth-order valence-corrected chi connectivity index (χ4v) is 8.15. The van der Waals surface area contributed by atoms with Gasteiger partial charge in [-0.05, 0) is 61.7 Å². The number of fused-ring (bicyclic) bond motifs is 1. The van der Waals surface area contributed by atoms with Gasteiger partial charge in [-0.3, -0.25) is 62.1 Å². The van der Waals surface area contributed by atoms with Crippen LogP contribution in [0.1, 0.15) is 78.0 Å². The Morgan fingerprint density at radius 1 is 0.697 bits per heavy atom. The van der Waals surface area contributed by atoms with E-state index in [9.17, 15) is 57.5 Å². The van der Waals surface area contributed by atoms with Crippen LogP contribution in [0.3, 0.4) is 0 Å². The number of carbonyl (C=O) groups excluding carboxylic acids is 12. The minimum atomic E-state index is -1.52. The quantitative estimate of drug-likeness (QED) is 0.0260. The Bertz CT molecular complexity index is 2550. The molecule has 0 aliphatic rings. The minimum Gasteiger partial charge on any atom is -0.370 e. The van der Waals surface area contributed by atoms with Crippen LogP contribution in [0.4, 0.5) is 0 Å². The maximum Gasteiger partial charge on any atom is 0.243 e. The summed E-state index contributed by atoms with van der Waals surface area (Å²) in [6.07, 6.45) is 5.32. The Balaban J connectivity index is 1.79. The number of primary amides is 3. The Labute approximate surface area is 442 Å². The fourth-order valence-electron chi connectivity index (χ4n) is 7.68. The summed E-state index contributed by atoms with van der Waals surface area (Å²) in [6, 6.07) is -3.91. The molecule has 8 unspecified atom stereocenters. The van der Waals surface area contributed by atoms with Crippen LogP contribution in [0.5, 0.6) is 0 Å². The van der Waals surface area contributed by atoms with Crippen LogP contribution in [0.2, 0.25) is 0 Å². The van der Waals surface area contributed by atoms with E-state index in [0.29, 0.717) is 34.3 Å². The molecule has 8 atom stereocenters. The van der Waals surface area contributed by atoms with Gasteiger partial charge in [0.05, 0.1) is 30.9 Å². The monoisotopic (exact) mass is 1080 g/mol. The predicted molar refractivity (Wildman–Crippen MR) is 279 cm³/mol. The first-order valence-corrected chi connectivity index (χ1v) is 25.8. The first kappa shape index (κ1) is 62.4. The zero-order valence-electron chi connectivity index (χ0n) is 43.3. The molecule has 27 nitrogen and oxygen atoms in total. The molecular formula is C48H71N15O12S. The molecule has 1 aromatic carbocycles. The molecule has 416 valence electrons. The number of nitrogens with two attached hydrogens (primary N) is 4. The van der Waals surface area contributed by atoms with E-state index in [2.05, 4.69) is 52.5 Å². The molecule has 0 spiro atoms. The number of nitrogens with zero attached hydrogens (tertiary/aromatic N) is 2. The van der Waals surface area contributed by atoms with Crippen molar-refractivity contribution in [2.45, 2.75) is 128 Å². The van der Waals surface area contributed by atoms with E-state index in [4.69, 9.17) is 22.9 Å². The summed E-state index contributed by atoms with van der Waals surface area (Å²) in [6.45, 7) is 7.48. The van der Waals surface area contributed by atoms with Gasteiger partial charge in [0.25, 0.3) is 0 Å². The van der Waals surface area contributed by atoms with Gasteiger partial charge in [0.15, 0.2) is 0 Å². The molecule has 0 radical (unpaired) electrons. The molecule has 0 bridgehead atoms. The number of para-hydroxylation sites is 1. The minimum absolute atomic E-state index is 0.0937. The van der Waals surface area contributed by atoms with E-state index < -0.39 is 139 Å². The molecule has 0 fully saturated rings. The number of benzene rings is 1. The van der Waals surface area contributed by atoms with Gasteiger partial charge in [-0.1, -0.05) is 45.9 Å². The second kappa shape index (κ2) is 30.5. The van der Waals surface area contributed by atoms with Crippen molar-refractivity contribution in [3.8, 4) is 0 Å². The zero-order valence-corrected chi connectivity index (χ0v) is 44.1. The van der Waals surface area contributed by atoms with E-state index in [1.165, 1.54) is 42.0 Å². The molecule has 3 aromatic rings. The molecule has 0 saturated heterocycles. The number of rotatable bonds is 33. The summed E-state index contributed by atoms with van der Waals surface area (Å²) in [5.74, 6) is -9.45. The zero-order chi connectivity index (χ0) is 56.8. The molecule has 2 heterocycles. The van der Waals surface area contributed by atoms with Gasteiger partial charge in [-0.2, -0.15) is 11.8 Å². The van der Waals surface area contributed by atoms with Crippen molar-refractivity contribution in [2.24, 2.45) is 34.8 Å². The van der Waals surface area contributed by atoms with E-state index in [0.717, 1.165) is 0 Å². The average Bonchev–Trinajstić information content (AvgIpc) is 4.00. The van der Waals surface area contributed by atoms with Crippen molar-refractivity contribution in [3.63, 3.8) is 0 Å². The highest BCUT2D eigenvalue weighted by atomic mass is 32.2. The topological polar surface area (TPSA) is 439 Å². The van der Waals surface area contributed by atoms with Crippen molar-refractivity contribution < 1.29 is 57.5 Å². The van der Waals surface area contributed by atoms with Gasteiger partial charge >= 0.3 is 0 Å². The van der Waals surface area contributed by atoms with Crippen molar-refractivity contribution in [1.82, 2.24) is 57.1 Å². The lowest BCUT2D eigenvalue weighted by Gasteiger charge is -2.27. The van der Waals surface area contributed by atoms with Gasteiger partial charge < -0.3 is 70.5 Å². The number of amides is 11. The molecule has 76 heavy (non-hydrogen) atoms.